The smallest absolute Gasteiger partial charge is 0.256 e. The number of rotatable bonds is 4. The second-order valence-corrected chi connectivity index (χ2v) is 31.2. The summed E-state index contributed by atoms with van der Waals surface area (Å²) in [6.45, 7) is 20.6. The minimum absolute atomic E-state index is 0.0521. The second kappa shape index (κ2) is 28.6. The van der Waals surface area contributed by atoms with Crippen LogP contribution in [0.15, 0.2) is 60.7 Å². The lowest BCUT2D eigenvalue weighted by Crippen LogP contribution is -2.17. The minimum atomic E-state index is -2.76. The van der Waals surface area contributed by atoms with Crippen molar-refractivity contribution in [2.24, 2.45) is 0 Å². The van der Waals surface area contributed by atoms with Crippen molar-refractivity contribution < 1.29 is 108 Å². The predicted octanol–water partition coefficient (Wildman–Crippen LogP) is 22.9. The molecule has 3 aromatic heterocycles. The van der Waals surface area contributed by atoms with Crippen LogP contribution >= 0.6 is 0 Å². The third kappa shape index (κ3) is 13.6. The molecule has 7 heterocycles. The van der Waals surface area contributed by atoms with Crippen LogP contribution < -0.4 is 10.6 Å². The van der Waals surface area contributed by atoms with Gasteiger partial charge in [0.2, 0.25) is 23.3 Å². The van der Waals surface area contributed by atoms with Gasteiger partial charge in [-0.2, -0.15) is 0 Å². The Hall–Kier alpha value is -12.9. The van der Waals surface area contributed by atoms with Crippen LogP contribution in [0.1, 0.15) is 171 Å². The normalized spacial score (nSPS) is 12.9. The third-order valence-electron chi connectivity index (χ3n) is 19.3. The molecule has 0 fully saturated rings. The number of halogens is 20. The van der Waals surface area contributed by atoms with Gasteiger partial charge in [0, 0.05) is 66.7 Å². The molecule has 13 rings (SSSR count). The Morgan fingerprint density at radius 3 is 0.759 bits per heavy atom. The van der Waals surface area contributed by atoms with Crippen LogP contribution in [0.3, 0.4) is 0 Å². The Balaban J connectivity index is 1.32. The average Bonchev–Trinajstić information content (AvgIpc) is 1.60. The van der Waals surface area contributed by atoms with E-state index in [0.29, 0.717) is 12.1 Å². The zero-order chi connectivity index (χ0) is 85.0. The summed E-state index contributed by atoms with van der Waals surface area (Å²) in [5, 5.41) is 27.6. The maximum absolute atomic E-state index is 16.9. The maximum atomic E-state index is 16.9. The number of amides is 2. The van der Waals surface area contributed by atoms with Crippen LogP contribution in [0.4, 0.5) is 99.2 Å². The van der Waals surface area contributed by atoms with Gasteiger partial charge >= 0.3 is 0 Å². The summed E-state index contributed by atoms with van der Waals surface area (Å²) < 4.78 is 323. The van der Waals surface area contributed by atoms with Crippen molar-refractivity contribution in [3.8, 4) is 79.7 Å². The lowest BCUT2D eigenvalue weighted by Gasteiger charge is -2.27. The number of aromatic amines is 2. The van der Waals surface area contributed by atoms with Crippen LogP contribution in [-0.4, -0.2) is 42.0 Å². The summed E-state index contributed by atoms with van der Waals surface area (Å²) in [6.07, 6.45) is 3.39. The Morgan fingerprint density at radius 1 is 0.284 bits per heavy atom. The van der Waals surface area contributed by atoms with Crippen molar-refractivity contribution in [2.45, 2.75) is 105 Å². The SMILES string of the molecule is CC(C)(C)c1cc(C#Cc2c3nc(c(-c4c(F)c(F)c(F)c(F)c4F)c4cc(c(-c5c(F)c(F)c(F)c(F)c5F)c5ccc([nH]5)c(C#Cc5cc(C(C)(C)C)c(O)c(C(C)(C)C)c5)c5nc(c(-c6c(F)c(F)c(F)c(F)c6F)c6cc(c(-c7c(F)c(F)c(F)c(F)c7F)c7ccc2[nH]7)C(=O)N6)C=C5)C(=O)N4)C=C3)cc(C(C)(C)C)c1O. The molecule has 116 heavy (non-hydrogen) atoms. The Kier molecular flexibility index (Phi) is 20.0. The van der Waals surface area contributed by atoms with Crippen LogP contribution in [-0.2, 0) is 21.7 Å². The van der Waals surface area contributed by atoms with Gasteiger partial charge in [0.05, 0.1) is 89.7 Å². The maximum Gasteiger partial charge on any atom is 0.256 e. The van der Waals surface area contributed by atoms with Gasteiger partial charge in [-0.25, -0.2) is 97.8 Å². The first kappa shape index (κ1) is 81.2. The molecule has 30 heteroatoms. The highest BCUT2D eigenvalue weighted by Crippen LogP contribution is 2.49. The van der Waals surface area contributed by atoms with Crippen molar-refractivity contribution in [1.82, 2.24) is 19.9 Å². The van der Waals surface area contributed by atoms with E-state index in [-0.39, 0.29) is 44.9 Å². The van der Waals surface area contributed by atoms with Crippen molar-refractivity contribution >= 4 is 69.6 Å². The highest BCUT2D eigenvalue weighted by molar-refractivity contribution is 6.18. The van der Waals surface area contributed by atoms with Gasteiger partial charge in [0.1, 0.15) is 11.5 Å². The number of phenolic OH excluding ortho intramolecular Hbond substituents is 2. The number of phenols is 2. The fourth-order valence-corrected chi connectivity index (χ4v) is 13.6. The van der Waals surface area contributed by atoms with Gasteiger partial charge in [0.15, 0.2) is 93.1 Å². The molecule has 10 nitrogen and oxygen atoms in total. The molecule has 6 N–H and O–H groups in total. The Labute approximate surface area is 645 Å². The number of anilines is 2. The van der Waals surface area contributed by atoms with E-state index in [2.05, 4.69) is 54.3 Å². The molecule has 0 atom stereocenters. The van der Waals surface area contributed by atoms with Crippen molar-refractivity contribution in [3.05, 3.63) is 255 Å². The first-order valence-corrected chi connectivity index (χ1v) is 34.6. The van der Waals surface area contributed by atoms with E-state index >= 15 is 97.4 Å². The fraction of sp³-hybridized carbons (Fsp3) is 0.186. The number of fused-ring (bicyclic) bond motifs is 12. The first-order valence-electron chi connectivity index (χ1n) is 34.6. The number of benzene rings is 6. The van der Waals surface area contributed by atoms with Crippen LogP contribution in [0.2, 0.25) is 0 Å². The summed E-state index contributed by atoms with van der Waals surface area (Å²) in [7, 11) is 0. The number of aromatic nitrogens is 4. The molecule has 0 saturated heterocycles. The number of hydrogen-bond donors (Lipinski definition) is 6. The standard InChI is InChI=1S/C86H56F20N6O4/c1-83(2,3)37-25-31(26-38(79(37)113)84(4,5)6)13-15-33-41-17-21-45(107-41)51(55-59(87)67(95)75(103)68(96)60(55)88)35-29-50(112-81(35)115)54(58-65(93)73(101)78(106)74(102)66(58)94)48-24-20-44(110-48)34(16-14-32-27-39(85(7,8)9)80(114)40(28-32)86(10,11)12)42-18-22-46(108-42)52(56-61(89)69(97)76(104)70(98)62(56)90)36-30-49(111-82(36)116)53(47-23-19-43(33)109-47)57-63(91)71(99)77(105)72(100)64(57)92/h17-30,107-108,113-114H,1-12H3,(H,111,116)(H,112,115). The zero-order valence-corrected chi connectivity index (χ0v) is 62.2. The van der Waals surface area contributed by atoms with Crippen molar-refractivity contribution in [3.63, 3.8) is 0 Å². The third-order valence-corrected chi connectivity index (χ3v) is 19.3. The van der Waals surface area contributed by atoms with E-state index in [4.69, 9.17) is 0 Å². The van der Waals surface area contributed by atoms with E-state index < -0.39 is 273 Å². The fourth-order valence-electron chi connectivity index (χ4n) is 13.6. The van der Waals surface area contributed by atoms with Crippen LogP contribution in [0, 0.1) is 140 Å². The number of carbonyl (C=O) groups is 2. The quantitative estimate of drug-likeness (QED) is 0.0446. The van der Waals surface area contributed by atoms with Gasteiger partial charge in [0.25, 0.3) is 11.8 Å². The molecular weight excluding hydrogens is 1560 g/mol. The number of H-pyrrole nitrogens is 2. The molecular formula is C86H56F20N6O4. The predicted molar refractivity (Wildman–Crippen MR) is 394 cm³/mol. The number of nitrogens with one attached hydrogen (secondary N) is 4. The van der Waals surface area contributed by atoms with Gasteiger partial charge in [-0.05, 0) is 107 Å². The highest BCUT2D eigenvalue weighted by atomic mass is 19.2. The molecule has 0 radical (unpaired) electrons. The zero-order valence-electron chi connectivity index (χ0n) is 62.2. The molecule has 9 aromatic rings. The molecule has 0 unspecified atom stereocenters. The van der Waals surface area contributed by atoms with Gasteiger partial charge < -0.3 is 30.8 Å². The number of carbonyl (C=O) groups excluding carboxylic acids is 2. The summed E-state index contributed by atoms with van der Waals surface area (Å²) in [5.41, 5.74) is -27.4. The first-order chi connectivity index (χ1) is 54.0. The van der Waals surface area contributed by atoms with E-state index in [9.17, 15) is 10.2 Å². The van der Waals surface area contributed by atoms with Crippen LogP contribution in [0.25, 0.3) is 90.9 Å². The lowest BCUT2D eigenvalue weighted by atomic mass is 9.78. The summed E-state index contributed by atoms with van der Waals surface area (Å²) >= 11 is 0. The number of nitrogens with zero attached hydrogens (tertiary/aromatic N) is 2. The van der Waals surface area contributed by atoms with E-state index in [1.807, 2.05) is 0 Å². The highest BCUT2D eigenvalue weighted by Gasteiger charge is 2.39. The monoisotopic (exact) mass is 1620 g/mol. The Bertz CT molecular complexity index is 5970. The van der Waals surface area contributed by atoms with Gasteiger partial charge in [-0.1, -0.05) is 107 Å². The van der Waals surface area contributed by atoms with Crippen LogP contribution in [0.5, 0.6) is 11.5 Å². The Morgan fingerprint density at radius 2 is 0.509 bits per heavy atom. The largest absolute Gasteiger partial charge is 0.507 e. The molecule has 4 aliphatic rings. The van der Waals surface area contributed by atoms with Gasteiger partial charge in [-0.15, -0.1) is 0 Å². The number of aromatic hydroxyl groups is 2. The molecule has 12 bridgehead atoms. The van der Waals surface area contributed by atoms with Crippen molar-refractivity contribution in [2.75, 3.05) is 10.6 Å². The minimum Gasteiger partial charge on any atom is -0.507 e. The van der Waals surface area contributed by atoms with E-state index in [0.717, 1.165) is 48.6 Å². The van der Waals surface area contributed by atoms with E-state index in [1.165, 1.54) is 24.3 Å². The molecule has 0 saturated carbocycles. The molecule has 0 aliphatic carbocycles. The number of hydrogen-bond acceptors (Lipinski definition) is 6. The second-order valence-electron chi connectivity index (χ2n) is 31.2. The molecule has 594 valence electrons. The molecule has 2 amide bonds. The summed E-state index contributed by atoms with van der Waals surface area (Å²) in [5.74, 6) is -46.0. The summed E-state index contributed by atoms with van der Waals surface area (Å²) in [4.78, 5) is 44.2. The average molecular weight is 1620 g/mol. The molecule has 4 aliphatic heterocycles. The summed E-state index contributed by atoms with van der Waals surface area (Å²) in [6, 6.07) is 10.0. The van der Waals surface area contributed by atoms with Gasteiger partial charge in [-0.3, -0.25) is 9.59 Å². The topological polar surface area (TPSA) is 156 Å². The molecule has 6 aromatic carbocycles. The van der Waals surface area contributed by atoms with Crippen molar-refractivity contribution in [1.29, 1.82) is 0 Å². The van der Waals surface area contributed by atoms with E-state index in [1.54, 1.807) is 83.1 Å². The molecule has 0 spiro atoms. The lowest BCUT2D eigenvalue weighted by molar-refractivity contribution is 0.102.